The number of nitrogens with zero attached hydrogens (tertiary/aromatic N) is 3. The van der Waals surface area contributed by atoms with Crippen LogP contribution in [0.1, 0.15) is 17.8 Å². The second kappa shape index (κ2) is 10.8. The molecule has 5 nitrogen and oxygen atoms in total. The highest BCUT2D eigenvalue weighted by molar-refractivity contribution is 14.0. The maximum Gasteiger partial charge on any atom is 0.191 e. The molecule has 2 N–H and O–H groups in total. The molecule has 154 valence electrons. The van der Waals surface area contributed by atoms with Gasteiger partial charge in [-0.05, 0) is 37.1 Å². The lowest BCUT2D eigenvalue weighted by Gasteiger charge is -2.20. The number of aromatic nitrogens is 1. The molecule has 1 atom stereocenters. The van der Waals surface area contributed by atoms with Crippen molar-refractivity contribution in [3.63, 3.8) is 0 Å². The van der Waals surface area contributed by atoms with Gasteiger partial charge in [0.05, 0.1) is 15.2 Å². The van der Waals surface area contributed by atoms with Crippen molar-refractivity contribution in [2.75, 3.05) is 31.6 Å². The normalized spacial score (nSPS) is 16.7. The van der Waals surface area contributed by atoms with Gasteiger partial charge in [-0.3, -0.25) is 4.99 Å². The lowest BCUT2D eigenvalue weighted by atomic mass is 10.2. The number of para-hydroxylation sites is 2. The van der Waals surface area contributed by atoms with Crippen LogP contribution >= 0.6 is 35.3 Å². The van der Waals surface area contributed by atoms with Gasteiger partial charge in [-0.2, -0.15) is 0 Å². The van der Waals surface area contributed by atoms with Gasteiger partial charge in [-0.15, -0.1) is 35.3 Å². The Hall–Kier alpha value is -1.87. The van der Waals surface area contributed by atoms with Gasteiger partial charge in [-0.25, -0.2) is 4.98 Å². The minimum absolute atomic E-state index is 0. The number of nitrogens with one attached hydrogen (secondary N) is 2. The number of aryl methyl sites for hydroxylation is 1. The summed E-state index contributed by atoms with van der Waals surface area (Å²) in [5, 5.41) is 8.23. The Bertz CT molecular complexity index is 894. The predicted octanol–water partition coefficient (Wildman–Crippen LogP) is 4.29. The summed E-state index contributed by atoms with van der Waals surface area (Å²) < 4.78 is 1.27. The van der Waals surface area contributed by atoms with E-state index in [0.29, 0.717) is 6.04 Å². The second-order valence-electron chi connectivity index (χ2n) is 7.09. The lowest BCUT2D eigenvalue weighted by Crippen LogP contribution is -2.44. The summed E-state index contributed by atoms with van der Waals surface area (Å²) in [6, 6.07) is 19.4. The minimum atomic E-state index is 0. The van der Waals surface area contributed by atoms with E-state index in [1.54, 1.807) is 11.3 Å². The third-order valence-electron chi connectivity index (χ3n) is 5.07. The molecule has 7 heteroatoms. The molecule has 1 aliphatic rings. The lowest BCUT2D eigenvalue weighted by molar-refractivity contribution is 0.643. The Morgan fingerprint density at radius 2 is 1.97 bits per heavy atom. The minimum Gasteiger partial charge on any atom is -0.369 e. The van der Waals surface area contributed by atoms with Crippen LogP contribution in [0.3, 0.4) is 0 Å². The number of halogens is 1. The molecule has 29 heavy (non-hydrogen) atoms. The molecule has 0 amide bonds. The van der Waals surface area contributed by atoms with Crippen molar-refractivity contribution >= 4 is 57.2 Å². The number of hydrogen-bond donors (Lipinski definition) is 2. The zero-order chi connectivity index (χ0) is 19.2. The molecular weight excluding hydrogens is 493 g/mol. The standard InChI is InChI=1S/C22H27N5S.HI/c1-23-22(25-17-13-15-27(16-17)18-8-3-2-4-9-18)24-14-7-12-21-26-19-10-5-6-11-20(19)28-21;/h2-6,8-11,17H,7,12-16H2,1H3,(H2,23,24,25);1H. The SMILES string of the molecule is CN=C(NCCCc1nc2ccccc2s1)NC1CCN(c2ccccc2)C1.I. The highest BCUT2D eigenvalue weighted by Gasteiger charge is 2.23. The van der Waals surface area contributed by atoms with Crippen molar-refractivity contribution in [1.29, 1.82) is 0 Å². The quantitative estimate of drug-likeness (QED) is 0.220. The molecule has 0 saturated carbocycles. The van der Waals surface area contributed by atoms with Crippen molar-refractivity contribution in [1.82, 2.24) is 15.6 Å². The summed E-state index contributed by atoms with van der Waals surface area (Å²) in [5.41, 5.74) is 2.41. The summed E-state index contributed by atoms with van der Waals surface area (Å²) in [4.78, 5) is 11.5. The van der Waals surface area contributed by atoms with Crippen LogP contribution in [-0.2, 0) is 6.42 Å². The van der Waals surface area contributed by atoms with Crippen LogP contribution in [0.25, 0.3) is 10.2 Å². The van der Waals surface area contributed by atoms with Gasteiger partial charge < -0.3 is 15.5 Å². The van der Waals surface area contributed by atoms with Gasteiger partial charge >= 0.3 is 0 Å². The van der Waals surface area contributed by atoms with E-state index in [1.165, 1.54) is 15.4 Å². The van der Waals surface area contributed by atoms with Crippen molar-refractivity contribution < 1.29 is 0 Å². The fourth-order valence-corrected chi connectivity index (χ4v) is 4.62. The van der Waals surface area contributed by atoms with E-state index < -0.39 is 0 Å². The summed E-state index contributed by atoms with van der Waals surface area (Å²) in [6.45, 7) is 2.98. The van der Waals surface area contributed by atoms with E-state index in [2.05, 4.69) is 69.1 Å². The molecule has 1 fully saturated rings. The third-order valence-corrected chi connectivity index (χ3v) is 6.17. The summed E-state index contributed by atoms with van der Waals surface area (Å²) in [5.74, 6) is 0.893. The summed E-state index contributed by atoms with van der Waals surface area (Å²) >= 11 is 1.80. The number of guanidine groups is 1. The van der Waals surface area contributed by atoms with E-state index in [0.717, 1.165) is 50.4 Å². The Labute approximate surface area is 193 Å². The van der Waals surface area contributed by atoms with Crippen LogP contribution in [-0.4, -0.2) is 43.7 Å². The fourth-order valence-electron chi connectivity index (χ4n) is 3.61. The van der Waals surface area contributed by atoms with Crippen molar-refractivity contribution in [3.8, 4) is 0 Å². The Morgan fingerprint density at radius 3 is 2.76 bits per heavy atom. The molecule has 4 rings (SSSR count). The molecule has 0 radical (unpaired) electrons. The van der Waals surface area contributed by atoms with E-state index in [4.69, 9.17) is 4.98 Å². The number of aliphatic imine (C=N–C) groups is 1. The zero-order valence-corrected chi connectivity index (χ0v) is 19.8. The molecule has 0 spiro atoms. The Balaban J connectivity index is 0.00000240. The number of anilines is 1. The number of thiazole rings is 1. The van der Waals surface area contributed by atoms with Gasteiger partial charge in [0.1, 0.15) is 0 Å². The molecular formula is C22H28IN5S. The topological polar surface area (TPSA) is 52.6 Å². The average molecular weight is 521 g/mol. The van der Waals surface area contributed by atoms with Crippen LogP contribution in [0, 0.1) is 0 Å². The molecule has 1 aromatic heterocycles. The maximum absolute atomic E-state index is 4.71. The zero-order valence-electron chi connectivity index (χ0n) is 16.7. The number of fused-ring (bicyclic) bond motifs is 1. The molecule has 1 saturated heterocycles. The molecule has 0 aliphatic carbocycles. The van der Waals surface area contributed by atoms with Gasteiger partial charge in [0, 0.05) is 44.8 Å². The van der Waals surface area contributed by atoms with E-state index >= 15 is 0 Å². The monoisotopic (exact) mass is 521 g/mol. The second-order valence-corrected chi connectivity index (χ2v) is 8.20. The molecule has 2 heterocycles. The molecule has 1 unspecified atom stereocenters. The van der Waals surface area contributed by atoms with E-state index in [1.807, 2.05) is 13.1 Å². The highest BCUT2D eigenvalue weighted by Crippen LogP contribution is 2.22. The predicted molar refractivity (Wildman–Crippen MR) is 135 cm³/mol. The van der Waals surface area contributed by atoms with Crippen molar-refractivity contribution in [3.05, 3.63) is 59.6 Å². The molecule has 0 bridgehead atoms. The molecule has 3 aromatic rings. The smallest absolute Gasteiger partial charge is 0.191 e. The van der Waals surface area contributed by atoms with Gasteiger partial charge in [0.15, 0.2) is 5.96 Å². The Kier molecular flexibility index (Phi) is 8.11. The Morgan fingerprint density at radius 1 is 1.17 bits per heavy atom. The van der Waals surface area contributed by atoms with Crippen LogP contribution < -0.4 is 15.5 Å². The number of rotatable bonds is 6. The third kappa shape index (κ3) is 5.82. The summed E-state index contributed by atoms with van der Waals surface area (Å²) in [7, 11) is 1.84. The largest absolute Gasteiger partial charge is 0.369 e. The first-order valence-corrected chi connectivity index (χ1v) is 10.7. The van der Waals surface area contributed by atoms with Crippen LogP contribution in [0.15, 0.2) is 59.6 Å². The highest BCUT2D eigenvalue weighted by atomic mass is 127. The van der Waals surface area contributed by atoms with Gasteiger partial charge in [0.2, 0.25) is 0 Å². The first kappa shape index (κ1) is 21.8. The van der Waals surface area contributed by atoms with E-state index in [9.17, 15) is 0 Å². The first-order valence-electron chi connectivity index (χ1n) is 9.93. The van der Waals surface area contributed by atoms with Crippen molar-refractivity contribution in [2.45, 2.75) is 25.3 Å². The van der Waals surface area contributed by atoms with Crippen LogP contribution in [0.4, 0.5) is 5.69 Å². The van der Waals surface area contributed by atoms with Gasteiger partial charge in [0.25, 0.3) is 0 Å². The van der Waals surface area contributed by atoms with Crippen LogP contribution in [0.5, 0.6) is 0 Å². The molecule has 1 aliphatic heterocycles. The number of benzene rings is 2. The molecule has 2 aromatic carbocycles. The fraction of sp³-hybridized carbons (Fsp3) is 0.364. The average Bonchev–Trinajstić information content (AvgIpc) is 3.37. The first-order chi connectivity index (χ1) is 13.8. The van der Waals surface area contributed by atoms with E-state index in [-0.39, 0.29) is 24.0 Å². The van der Waals surface area contributed by atoms with Gasteiger partial charge in [-0.1, -0.05) is 30.3 Å². The number of hydrogen-bond acceptors (Lipinski definition) is 4. The van der Waals surface area contributed by atoms with Crippen LogP contribution in [0.2, 0.25) is 0 Å². The maximum atomic E-state index is 4.71. The van der Waals surface area contributed by atoms with Crippen molar-refractivity contribution in [2.24, 2.45) is 4.99 Å². The summed E-state index contributed by atoms with van der Waals surface area (Å²) in [6.07, 6.45) is 3.16.